The van der Waals surface area contributed by atoms with Gasteiger partial charge < -0.3 is 9.47 Å². The first kappa shape index (κ1) is 17.6. The molecule has 1 atom stereocenters. The first-order chi connectivity index (χ1) is 13.1. The molecule has 1 aliphatic rings. The van der Waals surface area contributed by atoms with E-state index in [2.05, 4.69) is 34.2 Å². The van der Waals surface area contributed by atoms with E-state index in [4.69, 9.17) is 0 Å². The SMILES string of the molecule is CCc1ccc2nc(C)cc(C(=O)N3CCCC(c4nncn4C)C3)c2c1. The highest BCUT2D eigenvalue weighted by atomic mass is 16.2. The number of rotatable bonds is 3. The van der Waals surface area contributed by atoms with Crippen LogP contribution in [0.3, 0.4) is 0 Å². The van der Waals surface area contributed by atoms with Gasteiger partial charge in [0.15, 0.2) is 0 Å². The van der Waals surface area contributed by atoms with Crippen LogP contribution in [0.4, 0.5) is 0 Å². The third kappa shape index (κ3) is 3.31. The Morgan fingerprint density at radius 2 is 2.15 bits per heavy atom. The van der Waals surface area contributed by atoms with Crippen LogP contribution in [0.25, 0.3) is 10.9 Å². The van der Waals surface area contributed by atoms with Crippen LogP contribution in [0, 0.1) is 6.92 Å². The zero-order valence-corrected chi connectivity index (χ0v) is 16.1. The molecular formula is C21H25N5O. The maximum atomic E-state index is 13.4. The van der Waals surface area contributed by atoms with E-state index in [1.54, 1.807) is 6.33 Å². The summed E-state index contributed by atoms with van der Waals surface area (Å²) < 4.78 is 1.96. The summed E-state index contributed by atoms with van der Waals surface area (Å²) in [4.78, 5) is 20.0. The number of aromatic nitrogens is 4. The molecule has 140 valence electrons. The molecule has 3 aromatic rings. The fourth-order valence-corrected chi connectivity index (χ4v) is 4.01. The average Bonchev–Trinajstić information content (AvgIpc) is 3.12. The molecule has 6 heteroatoms. The van der Waals surface area contributed by atoms with Gasteiger partial charge >= 0.3 is 0 Å². The quantitative estimate of drug-likeness (QED) is 0.716. The Morgan fingerprint density at radius 1 is 1.30 bits per heavy atom. The summed E-state index contributed by atoms with van der Waals surface area (Å²) in [5.74, 6) is 1.28. The Kier molecular flexibility index (Phi) is 4.64. The van der Waals surface area contributed by atoms with Crippen molar-refractivity contribution in [1.29, 1.82) is 0 Å². The van der Waals surface area contributed by atoms with Gasteiger partial charge in [-0.1, -0.05) is 13.0 Å². The molecule has 2 aromatic heterocycles. The van der Waals surface area contributed by atoms with E-state index in [-0.39, 0.29) is 11.8 Å². The van der Waals surface area contributed by atoms with Crippen molar-refractivity contribution in [2.24, 2.45) is 7.05 Å². The zero-order valence-electron chi connectivity index (χ0n) is 16.1. The first-order valence-corrected chi connectivity index (χ1v) is 9.60. The maximum absolute atomic E-state index is 13.4. The number of nitrogens with zero attached hydrogens (tertiary/aromatic N) is 5. The van der Waals surface area contributed by atoms with E-state index in [1.165, 1.54) is 5.56 Å². The van der Waals surface area contributed by atoms with Crippen LogP contribution in [0.15, 0.2) is 30.6 Å². The van der Waals surface area contributed by atoms with Gasteiger partial charge in [0.25, 0.3) is 5.91 Å². The highest BCUT2D eigenvalue weighted by Crippen LogP contribution is 2.28. The van der Waals surface area contributed by atoms with E-state index in [9.17, 15) is 4.79 Å². The molecule has 4 rings (SSSR count). The zero-order chi connectivity index (χ0) is 19.0. The van der Waals surface area contributed by atoms with Gasteiger partial charge in [-0.15, -0.1) is 10.2 Å². The van der Waals surface area contributed by atoms with Gasteiger partial charge in [0.05, 0.1) is 11.1 Å². The lowest BCUT2D eigenvalue weighted by Crippen LogP contribution is -2.39. The Bertz CT molecular complexity index is 993. The molecule has 1 unspecified atom stereocenters. The number of hydrogen-bond acceptors (Lipinski definition) is 4. The normalized spacial score (nSPS) is 17.4. The molecule has 0 N–H and O–H groups in total. The van der Waals surface area contributed by atoms with Crippen molar-refractivity contribution in [2.45, 2.75) is 39.0 Å². The number of hydrogen-bond donors (Lipinski definition) is 0. The van der Waals surface area contributed by atoms with Gasteiger partial charge in [-0.2, -0.15) is 0 Å². The summed E-state index contributed by atoms with van der Waals surface area (Å²) in [6.45, 7) is 5.54. The molecule has 1 amide bonds. The summed E-state index contributed by atoms with van der Waals surface area (Å²) >= 11 is 0. The minimum atomic E-state index is 0.0885. The van der Waals surface area contributed by atoms with Crippen LogP contribution >= 0.6 is 0 Å². The maximum Gasteiger partial charge on any atom is 0.254 e. The Hall–Kier alpha value is -2.76. The molecule has 1 fully saturated rings. The smallest absolute Gasteiger partial charge is 0.254 e. The van der Waals surface area contributed by atoms with Crippen LogP contribution in [0.2, 0.25) is 0 Å². The first-order valence-electron chi connectivity index (χ1n) is 9.60. The molecule has 0 radical (unpaired) electrons. The lowest BCUT2D eigenvalue weighted by atomic mass is 9.95. The highest BCUT2D eigenvalue weighted by Gasteiger charge is 2.29. The van der Waals surface area contributed by atoms with Crippen LogP contribution in [-0.2, 0) is 13.5 Å². The van der Waals surface area contributed by atoms with Crippen molar-refractivity contribution in [3.63, 3.8) is 0 Å². The van der Waals surface area contributed by atoms with Crippen LogP contribution < -0.4 is 0 Å². The third-order valence-electron chi connectivity index (χ3n) is 5.46. The molecule has 0 bridgehead atoms. The number of fused-ring (bicyclic) bond motifs is 1. The van der Waals surface area contributed by atoms with Crippen LogP contribution in [0.1, 0.15) is 53.1 Å². The second-order valence-corrected chi connectivity index (χ2v) is 7.41. The van der Waals surface area contributed by atoms with Crippen LogP contribution in [0.5, 0.6) is 0 Å². The number of likely N-dealkylation sites (tertiary alicyclic amines) is 1. The minimum Gasteiger partial charge on any atom is -0.338 e. The van der Waals surface area contributed by atoms with Crippen molar-refractivity contribution in [1.82, 2.24) is 24.6 Å². The number of aryl methyl sites for hydroxylation is 3. The van der Waals surface area contributed by atoms with Crippen molar-refractivity contribution in [3.05, 3.63) is 53.2 Å². The topological polar surface area (TPSA) is 63.9 Å². The van der Waals surface area contributed by atoms with E-state index < -0.39 is 0 Å². The largest absolute Gasteiger partial charge is 0.338 e. The number of carbonyl (C=O) groups is 1. The number of piperidine rings is 1. The van der Waals surface area contributed by atoms with Gasteiger partial charge in [-0.05, 0) is 49.9 Å². The number of pyridine rings is 1. The fraction of sp³-hybridized carbons (Fsp3) is 0.429. The second kappa shape index (κ2) is 7.10. The molecule has 1 saturated heterocycles. The highest BCUT2D eigenvalue weighted by molar-refractivity contribution is 6.06. The van der Waals surface area contributed by atoms with E-state index >= 15 is 0 Å². The molecule has 3 heterocycles. The summed E-state index contributed by atoms with van der Waals surface area (Å²) in [7, 11) is 1.96. The van der Waals surface area contributed by atoms with Crippen LogP contribution in [-0.4, -0.2) is 43.6 Å². The van der Waals surface area contributed by atoms with Gasteiger partial charge in [0.2, 0.25) is 0 Å². The lowest BCUT2D eigenvalue weighted by molar-refractivity contribution is 0.0705. The predicted molar refractivity (Wildman–Crippen MR) is 105 cm³/mol. The van der Waals surface area contributed by atoms with Gasteiger partial charge in [-0.3, -0.25) is 9.78 Å². The number of carbonyl (C=O) groups excluding carboxylic acids is 1. The van der Waals surface area contributed by atoms with Crippen molar-refractivity contribution < 1.29 is 4.79 Å². The predicted octanol–water partition coefficient (Wildman–Crippen LogP) is 3.25. The molecule has 0 aliphatic carbocycles. The Morgan fingerprint density at radius 3 is 2.89 bits per heavy atom. The standard InChI is InChI=1S/C21H25N5O/c1-4-15-7-8-19-17(11-15)18(10-14(2)23-19)21(27)26-9-5-6-16(12-26)20-24-22-13-25(20)3/h7-8,10-11,13,16H,4-6,9,12H2,1-3H3. The fourth-order valence-electron chi connectivity index (χ4n) is 4.01. The minimum absolute atomic E-state index is 0.0885. The molecule has 6 nitrogen and oxygen atoms in total. The van der Waals surface area contributed by atoms with Crippen molar-refractivity contribution in [3.8, 4) is 0 Å². The van der Waals surface area contributed by atoms with E-state index in [1.807, 2.05) is 35.6 Å². The summed E-state index contributed by atoms with van der Waals surface area (Å²) in [5.41, 5.74) is 3.73. The molecule has 1 aromatic carbocycles. The summed E-state index contributed by atoms with van der Waals surface area (Å²) in [6, 6.07) is 8.15. The molecular weight excluding hydrogens is 338 g/mol. The summed E-state index contributed by atoms with van der Waals surface area (Å²) in [5, 5.41) is 9.21. The molecule has 1 aliphatic heterocycles. The third-order valence-corrected chi connectivity index (χ3v) is 5.46. The molecule has 27 heavy (non-hydrogen) atoms. The molecule has 0 spiro atoms. The lowest BCUT2D eigenvalue weighted by Gasteiger charge is -2.32. The number of benzene rings is 1. The Balaban J connectivity index is 1.68. The van der Waals surface area contributed by atoms with Crippen molar-refractivity contribution in [2.75, 3.05) is 13.1 Å². The molecule has 0 saturated carbocycles. The van der Waals surface area contributed by atoms with Gasteiger partial charge in [-0.25, -0.2) is 0 Å². The van der Waals surface area contributed by atoms with Crippen molar-refractivity contribution >= 4 is 16.8 Å². The summed E-state index contributed by atoms with van der Waals surface area (Å²) in [6.07, 6.45) is 4.68. The Labute approximate surface area is 159 Å². The monoisotopic (exact) mass is 363 g/mol. The van der Waals surface area contributed by atoms with E-state index in [0.29, 0.717) is 6.54 Å². The average molecular weight is 363 g/mol. The van der Waals surface area contributed by atoms with E-state index in [0.717, 1.165) is 53.8 Å². The number of amides is 1. The van der Waals surface area contributed by atoms with Gasteiger partial charge in [0, 0.05) is 37.1 Å². The second-order valence-electron chi connectivity index (χ2n) is 7.41. The van der Waals surface area contributed by atoms with Gasteiger partial charge in [0.1, 0.15) is 12.2 Å².